The third-order valence-corrected chi connectivity index (χ3v) is 5.25. The Balaban J connectivity index is 1.66. The van der Waals surface area contributed by atoms with Crippen molar-refractivity contribution in [3.05, 3.63) is 30.3 Å². The molecule has 2 rings (SSSR count). The van der Waals surface area contributed by atoms with Crippen LogP contribution >= 0.6 is 11.8 Å². The van der Waals surface area contributed by atoms with Gasteiger partial charge in [-0.25, -0.2) is 0 Å². The third-order valence-electron chi connectivity index (χ3n) is 4.15. The topological polar surface area (TPSA) is 48.9 Å². The van der Waals surface area contributed by atoms with E-state index < -0.39 is 0 Å². The summed E-state index contributed by atoms with van der Waals surface area (Å²) in [6.45, 7) is 10.7. The van der Waals surface area contributed by atoms with E-state index in [1.807, 2.05) is 11.8 Å². The molecule has 1 fully saturated rings. The van der Waals surface area contributed by atoms with E-state index in [0.29, 0.717) is 6.04 Å². The van der Waals surface area contributed by atoms with Crippen LogP contribution in [0.25, 0.3) is 0 Å². The number of guanidine groups is 1. The predicted octanol–water partition coefficient (Wildman–Crippen LogP) is 2.44. The van der Waals surface area contributed by atoms with Crippen LogP contribution in [0.5, 0.6) is 0 Å². The molecular formula is C19H32N4OS. The first-order chi connectivity index (χ1) is 12.3. The van der Waals surface area contributed by atoms with Gasteiger partial charge in [-0.3, -0.25) is 9.89 Å². The van der Waals surface area contributed by atoms with Crippen molar-refractivity contribution in [1.29, 1.82) is 0 Å². The second-order valence-corrected chi connectivity index (χ2v) is 7.33. The van der Waals surface area contributed by atoms with Gasteiger partial charge in [0.05, 0.1) is 19.8 Å². The highest BCUT2D eigenvalue weighted by atomic mass is 32.2. The molecule has 6 heteroatoms. The van der Waals surface area contributed by atoms with Crippen LogP contribution in [0, 0.1) is 0 Å². The van der Waals surface area contributed by atoms with Crippen LogP contribution in [0.2, 0.25) is 0 Å². The van der Waals surface area contributed by atoms with Crippen molar-refractivity contribution in [2.45, 2.75) is 31.2 Å². The average Bonchev–Trinajstić information content (AvgIpc) is 2.67. The maximum Gasteiger partial charge on any atom is 0.191 e. The van der Waals surface area contributed by atoms with Gasteiger partial charge in [-0.15, -0.1) is 11.8 Å². The summed E-state index contributed by atoms with van der Waals surface area (Å²) in [4.78, 5) is 8.54. The normalized spacial score (nSPS) is 17.3. The Bertz CT molecular complexity index is 491. The molecule has 1 aliphatic heterocycles. The average molecular weight is 365 g/mol. The van der Waals surface area contributed by atoms with E-state index in [4.69, 9.17) is 9.73 Å². The number of ether oxygens (including phenoxy) is 1. The van der Waals surface area contributed by atoms with Crippen LogP contribution in [0.15, 0.2) is 40.2 Å². The fraction of sp³-hybridized carbons (Fsp3) is 0.632. The van der Waals surface area contributed by atoms with E-state index in [9.17, 15) is 0 Å². The summed E-state index contributed by atoms with van der Waals surface area (Å²) in [5.74, 6) is 2.04. The van der Waals surface area contributed by atoms with Crippen molar-refractivity contribution in [1.82, 2.24) is 15.5 Å². The summed E-state index contributed by atoms with van der Waals surface area (Å²) in [6, 6.07) is 11.0. The second-order valence-electron chi connectivity index (χ2n) is 6.16. The molecule has 140 valence electrons. The zero-order chi connectivity index (χ0) is 17.7. The Kier molecular flexibility index (Phi) is 9.77. The monoisotopic (exact) mass is 364 g/mol. The number of thioether (sulfide) groups is 1. The molecule has 1 saturated heterocycles. The van der Waals surface area contributed by atoms with E-state index in [1.165, 1.54) is 4.90 Å². The zero-order valence-electron chi connectivity index (χ0n) is 15.5. The van der Waals surface area contributed by atoms with E-state index in [0.717, 1.165) is 64.1 Å². The SMILES string of the molecule is CCNC(=NCC(C)N1CCOCC1)NCCCSc1ccccc1. The maximum absolute atomic E-state index is 5.42. The molecule has 1 aliphatic rings. The number of hydrogen-bond donors (Lipinski definition) is 2. The second kappa shape index (κ2) is 12.2. The molecule has 1 atom stereocenters. The largest absolute Gasteiger partial charge is 0.379 e. The highest BCUT2D eigenvalue weighted by molar-refractivity contribution is 7.99. The smallest absolute Gasteiger partial charge is 0.191 e. The summed E-state index contributed by atoms with van der Waals surface area (Å²) in [7, 11) is 0. The Morgan fingerprint density at radius 2 is 2.00 bits per heavy atom. The third kappa shape index (κ3) is 8.12. The fourth-order valence-corrected chi connectivity index (χ4v) is 3.56. The summed E-state index contributed by atoms with van der Waals surface area (Å²) in [5.41, 5.74) is 0. The molecule has 2 N–H and O–H groups in total. The van der Waals surface area contributed by atoms with Gasteiger partial charge in [0, 0.05) is 37.1 Å². The maximum atomic E-state index is 5.42. The van der Waals surface area contributed by atoms with Gasteiger partial charge in [0.15, 0.2) is 5.96 Å². The Labute approximate surface area is 156 Å². The van der Waals surface area contributed by atoms with Gasteiger partial charge in [-0.1, -0.05) is 18.2 Å². The van der Waals surface area contributed by atoms with E-state index >= 15 is 0 Å². The predicted molar refractivity (Wildman–Crippen MR) is 108 cm³/mol. The number of aliphatic imine (C=N–C) groups is 1. The molecule has 1 aromatic carbocycles. The van der Waals surface area contributed by atoms with Crippen LogP contribution < -0.4 is 10.6 Å². The van der Waals surface area contributed by atoms with Crippen LogP contribution in [-0.2, 0) is 4.74 Å². The minimum Gasteiger partial charge on any atom is -0.379 e. The van der Waals surface area contributed by atoms with Gasteiger partial charge < -0.3 is 15.4 Å². The van der Waals surface area contributed by atoms with Gasteiger partial charge >= 0.3 is 0 Å². The molecule has 5 nitrogen and oxygen atoms in total. The standard InChI is InChI=1S/C19H32N4OS/c1-3-20-19(22-16-17(2)23-11-13-24-14-12-23)21-10-7-15-25-18-8-5-4-6-9-18/h4-6,8-9,17H,3,7,10-16H2,1-2H3,(H2,20,21,22). The minimum atomic E-state index is 0.452. The summed E-state index contributed by atoms with van der Waals surface area (Å²) < 4.78 is 5.42. The number of rotatable bonds is 9. The van der Waals surface area contributed by atoms with Crippen molar-refractivity contribution >= 4 is 17.7 Å². The number of nitrogens with zero attached hydrogens (tertiary/aromatic N) is 2. The van der Waals surface area contributed by atoms with Crippen LogP contribution in [-0.4, -0.2) is 68.6 Å². The molecule has 25 heavy (non-hydrogen) atoms. The lowest BCUT2D eigenvalue weighted by Crippen LogP contribution is -2.44. The Hall–Kier alpha value is -1.24. The van der Waals surface area contributed by atoms with Gasteiger partial charge in [0.25, 0.3) is 0 Å². The molecule has 0 aliphatic carbocycles. The number of nitrogens with one attached hydrogen (secondary N) is 2. The number of benzene rings is 1. The Morgan fingerprint density at radius 3 is 2.72 bits per heavy atom. The van der Waals surface area contributed by atoms with Crippen molar-refractivity contribution in [3.8, 4) is 0 Å². The molecule has 0 amide bonds. The number of hydrogen-bond acceptors (Lipinski definition) is 4. The molecule has 1 heterocycles. The summed E-state index contributed by atoms with van der Waals surface area (Å²) >= 11 is 1.90. The molecule has 0 bridgehead atoms. The molecular weight excluding hydrogens is 332 g/mol. The highest BCUT2D eigenvalue weighted by Crippen LogP contribution is 2.17. The zero-order valence-corrected chi connectivity index (χ0v) is 16.4. The highest BCUT2D eigenvalue weighted by Gasteiger charge is 2.16. The number of morpholine rings is 1. The molecule has 0 spiro atoms. The quantitative estimate of drug-likeness (QED) is 0.305. The van der Waals surface area contributed by atoms with Crippen molar-refractivity contribution < 1.29 is 4.74 Å². The Morgan fingerprint density at radius 1 is 1.24 bits per heavy atom. The summed E-state index contributed by atoms with van der Waals surface area (Å²) in [6.07, 6.45) is 1.11. The van der Waals surface area contributed by atoms with E-state index in [-0.39, 0.29) is 0 Å². The van der Waals surface area contributed by atoms with E-state index in [1.54, 1.807) is 0 Å². The molecule has 0 saturated carbocycles. The molecule has 0 radical (unpaired) electrons. The molecule has 0 aromatic heterocycles. The van der Waals surface area contributed by atoms with Gasteiger partial charge in [-0.05, 0) is 38.2 Å². The van der Waals surface area contributed by atoms with E-state index in [2.05, 4.69) is 59.7 Å². The van der Waals surface area contributed by atoms with Gasteiger partial charge in [0.2, 0.25) is 0 Å². The van der Waals surface area contributed by atoms with Crippen molar-refractivity contribution in [2.75, 3.05) is 51.7 Å². The van der Waals surface area contributed by atoms with Crippen LogP contribution in [0.1, 0.15) is 20.3 Å². The first-order valence-electron chi connectivity index (χ1n) is 9.31. The first kappa shape index (κ1) is 20.1. The van der Waals surface area contributed by atoms with Gasteiger partial charge in [-0.2, -0.15) is 0 Å². The van der Waals surface area contributed by atoms with Crippen LogP contribution in [0.4, 0.5) is 0 Å². The van der Waals surface area contributed by atoms with Crippen molar-refractivity contribution in [3.63, 3.8) is 0 Å². The lowest BCUT2D eigenvalue weighted by molar-refractivity contribution is 0.0220. The molecule has 1 aromatic rings. The lowest BCUT2D eigenvalue weighted by Gasteiger charge is -2.31. The first-order valence-corrected chi connectivity index (χ1v) is 10.3. The van der Waals surface area contributed by atoms with Crippen LogP contribution in [0.3, 0.4) is 0 Å². The van der Waals surface area contributed by atoms with Gasteiger partial charge in [0.1, 0.15) is 0 Å². The minimum absolute atomic E-state index is 0.452. The molecule has 1 unspecified atom stereocenters. The lowest BCUT2D eigenvalue weighted by atomic mass is 10.2. The fourth-order valence-electron chi connectivity index (χ4n) is 2.68. The summed E-state index contributed by atoms with van der Waals surface area (Å²) in [5, 5.41) is 6.79. The van der Waals surface area contributed by atoms with Crippen molar-refractivity contribution in [2.24, 2.45) is 4.99 Å².